The van der Waals surface area contributed by atoms with Gasteiger partial charge in [-0.2, -0.15) is 0 Å². The van der Waals surface area contributed by atoms with Crippen LogP contribution in [0.25, 0.3) is 11.3 Å². The molecular formula is C26H26N4O3. The minimum absolute atomic E-state index is 0.199. The summed E-state index contributed by atoms with van der Waals surface area (Å²) >= 11 is 0. The normalized spacial score (nSPS) is 18.8. The van der Waals surface area contributed by atoms with Crippen LogP contribution in [0.5, 0.6) is 0 Å². The summed E-state index contributed by atoms with van der Waals surface area (Å²) in [6.45, 7) is 3.12. The predicted molar refractivity (Wildman–Crippen MR) is 127 cm³/mol. The van der Waals surface area contributed by atoms with Gasteiger partial charge in [0, 0.05) is 60.8 Å². The highest BCUT2D eigenvalue weighted by atomic mass is 16.5. The van der Waals surface area contributed by atoms with Gasteiger partial charge in [-0.25, -0.2) is 4.98 Å². The first-order chi connectivity index (χ1) is 16.1. The largest absolute Gasteiger partial charge is 0.381 e. The van der Waals surface area contributed by atoms with E-state index >= 15 is 0 Å². The highest BCUT2D eigenvalue weighted by molar-refractivity contribution is 6.15. The molecule has 168 valence electrons. The van der Waals surface area contributed by atoms with Crippen molar-refractivity contribution >= 4 is 17.5 Å². The molecule has 0 aliphatic carbocycles. The average molecular weight is 443 g/mol. The highest BCUT2D eigenvalue weighted by Crippen LogP contribution is 2.43. The monoisotopic (exact) mass is 442 g/mol. The molecular weight excluding hydrogens is 416 g/mol. The zero-order valence-electron chi connectivity index (χ0n) is 18.3. The van der Waals surface area contributed by atoms with Gasteiger partial charge in [0.15, 0.2) is 5.78 Å². The van der Waals surface area contributed by atoms with Crippen molar-refractivity contribution in [1.82, 2.24) is 10.3 Å². The van der Waals surface area contributed by atoms with Crippen molar-refractivity contribution < 1.29 is 14.3 Å². The van der Waals surface area contributed by atoms with Crippen molar-refractivity contribution in [2.24, 2.45) is 11.1 Å². The van der Waals surface area contributed by atoms with E-state index in [1.807, 2.05) is 30.3 Å². The first-order valence-electron chi connectivity index (χ1n) is 11.1. The summed E-state index contributed by atoms with van der Waals surface area (Å²) < 4.78 is 5.52. The number of carbonyl (C=O) groups is 2. The second-order valence-corrected chi connectivity index (χ2v) is 8.77. The maximum absolute atomic E-state index is 13.5. The van der Waals surface area contributed by atoms with Crippen LogP contribution >= 0.6 is 0 Å². The van der Waals surface area contributed by atoms with E-state index in [0.29, 0.717) is 22.6 Å². The minimum atomic E-state index is -0.593. The summed E-state index contributed by atoms with van der Waals surface area (Å²) in [5.41, 5.74) is 8.40. The SMILES string of the molecule is NC(=O)c1cc(C(=O)C2=CNC=CC=C2)c(-c2ccccc2)nc1N1CC2(CCOCC2)C1. The molecule has 0 radical (unpaired) electrons. The molecule has 2 aromatic rings. The Kier molecular flexibility index (Phi) is 5.56. The fourth-order valence-corrected chi connectivity index (χ4v) is 4.70. The van der Waals surface area contributed by atoms with Crippen molar-refractivity contribution in [3.63, 3.8) is 0 Å². The van der Waals surface area contributed by atoms with Gasteiger partial charge in [0.2, 0.25) is 0 Å². The predicted octanol–water partition coefficient (Wildman–Crippen LogP) is 3.20. The summed E-state index contributed by atoms with van der Waals surface area (Å²) in [6.07, 6.45) is 10.7. The fourth-order valence-electron chi connectivity index (χ4n) is 4.70. The Morgan fingerprint density at radius 3 is 2.55 bits per heavy atom. The lowest BCUT2D eigenvalue weighted by Crippen LogP contribution is -2.59. The molecule has 1 aromatic heterocycles. The molecule has 0 bridgehead atoms. The molecule has 5 rings (SSSR count). The number of anilines is 1. The lowest BCUT2D eigenvalue weighted by atomic mass is 9.73. The molecule has 2 saturated heterocycles. The highest BCUT2D eigenvalue weighted by Gasteiger charge is 2.45. The first kappa shape index (κ1) is 21.2. The number of rotatable bonds is 5. The average Bonchev–Trinajstić information content (AvgIpc) is 3.12. The molecule has 0 unspecified atom stereocenters. The Hall–Kier alpha value is -3.71. The number of amides is 1. The molecule has 1 amide bonds. The van der Waals surface area contributed by atoms with Crippen LogP contribution in [0.15, 0.2) is 72.6 Å². The Labute approximate surface area is 192 Å². The van der Waals surface area contributed by atoms with Gasteiger partial charge in [-0.15, -0.1) is 0 Å². The number of Topliss-reactive ketones (excluding diaryl/α,β-unsaturated/α-hetero) is 1. The molecule has 2 fully saturated rings. The van der Waals surface area contributed by atoms with E-state index in [1.165, 1.54) is 0 Å². The van der Waals surface area contributed by atoms with E-state index in [-0.39, 0.29) is 16.8 Å². The van der Waals surface area contributed by atoms with Crippen LogP contribution in [0, 0.1) is 5.41 Å². The second kappa shape index (κ2) is 8.67. The topological polar surface area (TPSA) is 97.5 Å². The van der Waals surface area contributed by atoms with Crippen LogP contribution in [0.3, 0.4) is 0 Å². The Morgan fingerprint density at radius 1 is 1.06 bits per heavy atom. The molecule has 4 heterocycles. The van der Waals surface area contributed by atoms with Crippen LogP contribution in [0.1, 0.15) is 33.6 Å². The van der Waals surface area contributed by atoms with E-state index < -0.39 is 5.91 Å². The number of nitrogens with zero attached hydrogens (tertiary/aromatic N) is 2. The molecule has 33 heavy (non-hydrogen) atoms. The second-order valence-electron chi connectivity index (χ2n) is 8.77. The lowest BCUT2D eigenvalue weighted by Gasteiger charge is -2.53. The van der Waals surface area contributed by atoms with Crippen molar-refractivity contribution in [3.8, 4) is 11.3 Å². The molecule has 3 aliphatic rings. The number of nitrogens with two attached hydrogens (primary N) is 1. The molecule has 7 heteroatoms. The third-order valence-corrected chi connectivity index (χ3v) is 6.55. The van der Waals surface area contributed by atoms with Gasteiger partial charge in [0.25, 0.3) is 5.91 Å². The third kappa shape index (κ3) is 4.07. The first-order valence-corrected chi connectivity index (χ1v) is 11.1. The van der Waals surface area contributed by atoms with Crippen LogP contribution in [0.2, 0.25) is 0 Å². The maximum Gasteiger partial charge on any atom is 0.252 e. The molecule has 0 saturated carbocycles. The molecule has 3 aliphatic heterocycles. The molecule has 0 atom stereocenters. The maximum atomic E-state index is 13.5. The Morgan fingerprint density at radius 2 is 1.82 bits per heavy atom. The van der Waals surface area contributed by atoms with Crippen molar-refractivity contribution in [2.45, 2.75) is 12.8 Å². The number of primary amides is 1. The minimum Gasteiger partial charge on any atom is -0.381 e. The number of ether oxygens (including phenoxy) is 1. The number of aromatic nitrogens is 1. The van der Waals surface area contributed by atoms with Gasteiger partial charge < -0.3 is 20.7 Å². The van der Waals surface area contributed by atoms with Crippen molar-refractivity contribution in [3.05, 3.63) is 83.7 Å². The lowest BCUT2D eigenvalue weighted by molar-refractivity contribution is -0.000509. The van der Waals surface area contributed by atoms with Crippen LogP contribution in [0.4, 0.5) is 5.82 Å². The third-order valence-electron chi connectivity index (χ3n) is 6.55. The van der Waals surface area contributed by atoms with Crippen LogP contribution in [-0.4, -0.2) is 43.0 Å². The molecule has 3 N–H and O–H groups in total. The van der Waals surface area contributed by atoms with Crippen LogP contribution < -0.4 is 16.0 Å². The number of pyridine rings is 1. The number of carbonyl (C=O) groups excluding carboxylic acids is 2. The smallest absolute Gasteiger partial charge is 0.252 e. The van der Waals surface area contributed by atoms with Gasteiger partial charge in [0.1, 0.15) is 5.82 Å². The van der Waals surface area contributed by atoms with Gasteiger partial charge in [-0.05, 0) is 31.1 Å². The number of allylic oxidation sites excluding steroid dienone is 4. The molecule has 1 spiro atoms. The van der Waals surface area contributed by atoms with Gasteiger partial charge in [-0.3, -0.25) is 9.59 Å². The molecule has 7 nitrogen and oxygen atoms in total. The van der Waals surface area contributed by atoms with E-state index in [9.17, 15) is 9.59 Å². The summed E-state index contributed by atoms with van der Waals surface area (Å²) in [5, 5.41) is 2.97. The fraction of sp³-hybridized carbons (Fsp3) is 0.269. The van der Waals surface area contributed by atoms with E-state index in [2.05, 4.69) is 10.2 Å². The summed E-state index contributed by atoms with van der Waals surface area (Å²) in [4.78, 5) is 33.0. The van der Waals surface area contributed by atoms with E-state index in [4.69, 9.17) is 15.5 Å². The summed E-state index contributed by atoms with van der Waals surface area (Å²) in [7, 11) is 0. The number of nitrogens with one attached hydrogen (secondary N) is 1. The molecule has 1 aromatic carbocycles. The Bertz CT molecular complexity index is 1170. The number of benzene rings is 1. The van der Waals surface area contributed by atoms with Crippen molar-refractivity contribution in [1.29, 1.82) is 0 Å². The van der Waals surface area contributed by atoms with E-state index in [0.717, 1.165) is 44.7 Å². The van der Waals surface area contributed by atoms with Gasteiger partial charge in [0.05, 0.1) is 11.3 Å². The number of hydrogen-bond acceptors (Lipinski definition) is 6. The number of hydrogen-bond donors (Lipinski definition) is 2. The summed E-state index contributed by atoms with van der Waals surface area (Å²) in [5.74, 6) is -0.281. The number of ketones is 1. The standard InChI is InChI=1S/C26H26N4O3/c27-24(32)21-14-20(23(31)19-8-4-5-11-28-15-19)22(18-6-2-1-3-7-18)29-25(21)30-16-26(17-30)9-12-33-13-10-26/h1-8,11,14-15,28H,9-10,12-13,16-17H2,(H2,27,32). The van der Waals surface area contributed by atoms with Crippen LogP contribution in [-0.2, 0) is 4.74 Å². The zero-order valence-corrected chi connectivity index (χ0v) is 18.3. The quantitative estimate of drug-likeness (QED) is 0.690. The van der Waals surface area contributed by atoms with Gasteiger partial charge >= 0.3 is 0 Å². The summed E-state index contributed by atoms with van der Waals surface area (Å²) in [6, 6.07) is 11.2. The Balaban J connectivity index is 1.59. The van der Waals surface area contributed by atoms with Gasteiger partial charge in [-0.1, -0.05) is 36.4 Å². The van der Waals surface area contributed by atoms with Crippen molar-refractivity contribution in [2.75, 3.05) is 31.2 Å². The zero-order chi connectivity index (χ0) is 22.8. The van der Waals surface area contributed by atoms with E-state index in [1.54, 1.807) is 36.7 Å².